The lowest BCUT2D eigenvalue weighted by Crippen LogP contribution is -2.34. The van der Waals surface area contributed by atoms with E-state index in [1.807, 2.05) is 30.3 Å². The van der Waals surface area contributed by atoms with Crippen molar-refractivity contribution >= 4 is 5.97 Å². The van der Waals surface area contributed by atoms with Crippen molar-refractivity contribution in [3.63, 3.8) is 0 Å². The van der Waals surface area contributed by atoms with Gasteiger partial charge in [0.25, 0.3) is 0 Å². The van der Waals surface area contributed by atoms with Crippen molar-refractivity contribution < 1.29 is 9.53 Å². The first kappa shape index (κ1) is 15.0. The number of hydrogen-bond donors (Lipinski definition) is 1. The first-order valence-corrected chi connectivity index (χ1v) is 7.66. The van der Waals surface area contributed by atoms with Gasteiger partial charge in [0.1, 0.15) is 6.61 Å². The Morgan fingerprint density at radius 2 is 1.90 bits per heavy atom. The summed E-state index contributed by atoms with van der Waals surface area (Å²) >= 11 is 0. The molecule has 0 spiro atoms. The number of benzene rings is 1. The second-order valence-corrected chi connectivity index (χ2v) is 5.78. The van der Waals surface area contributed by atoms with Crippen LogP contribution in [0.3, 0.4) is 0 Å². The van der Waals surface area contributed by atoms with Crippen LogP contribution in [0.4, 0.5) is 0 Å². The summed E-state index contributed by atoms with van der Waals surface area (Å²) in [6.07, 6.45) is 4.98. The maximum absolute atomic E-state index is 12.1. The van der Waals surface area contributed by atoms with E-state index >= 15 is 0 Å². The Hall–Kier alpha value is -1.35. The smallest absolute Gasteiger partial charge is 0.309 e. The van der Waals surface area contributed by atoms with Gasteiger partial charge >= 0.3 is 5.97 Å². The number of esters is 1. The highest BCUT2D eigenvalue weighted by atomic mass is 16.5. The van der Waals surface area contributed by atoms with Crippen LogP contribution in [-0.4, -0.2) is 12.0 Å². The molecule has 1 saturated carbocycles. The SMILES string of the molecule is CCC(N)C1CCC(C(=O)OCc2ccccc2)CC1. The molecule has 0 aromatic heterocycles. The van der Waals surface area contributed by atoms with E-state index in [0.717, 1.165) is 37.7 Å². The standard InChI is InChI=1S/C17H25NO2/c1-2-16(18)14-8-10-15(11-9-14)17(19)20-12-13-6-4-3-5-7-13/h3-7,14-16H,2,8-12,18H2,1H3. The quantitative estimate of drug-likeness (QED) is 0.839. The third-order valence-corrected chi connectivity index (χ3v) is 4.41. The highest BCUT2D eigenvalue weighted by Gasteiger charge is 2.29. The van der Waals surface area contributed by atoms with Crippen molar-refractivity contribution in [3.05, 3.63) is 35.9 Å². The second-order valence-electron chi connectivity index (χ2n) is 5.78. The molecular weight excluding hydrogens is 250 g/mol. The normalized spacial score (nSPS) is 24.1. The second kappa shape index (κ2) is 7.44. The zero-order valence-electron chi connectivity index (χ0n) is 12.3. The van der Waals surface area contributed by atoms with Gasteiger partial charge in [-0.25, -0.2) is 0 Å². The van der Waals surface area contributed by atoms with Crippen molar-refractivity contribution in [1.82, 2.24) is 0 Å². The van der Waals surface area contributed by atoms with Gasteiger partial charge < -0.3 is 10.5 Å². The molecule has 1 fully saturated rings. The van der Waals surface area contributed by atoms with Crippen LogP contribution in [0.2, 0.25) is 0 Å². The molecule has 0 amide bonds. The van der Waals surface area contributed by atoms with Crippen LogP contribution in [0.25, 0.3) is 0 Å². The van der Waals surface area contributed by atoms with E-state index in [0.29, 0.717) is 12.5 Å². The summed E-state index contributed by atoms with van der Waals surface area (Å²) in [5.41, 5.74) is 7.13. The number of nitrogens with two attached hydrogens (primary N) is 1. The predicted molar refractivity (Wildman–Crippen MR) is 80.0 cm³/mol. The van der Waals surface area contributed by atoms with Gasteiger partial charge in [-0.05, 0) is 43.6 Å². The molecule has 1 unspecified atom stereocenters. The topological polar surface area (TPSA) is 52.3 Å². The fourth-order valence-corrected chi connectivity index (χ4v) is 2.96. The molecule has 0 saturated heterocycles. The zero-order chi connectivity index (χ0) is 14.4. The van der Waals surface area contributed by atoms with E-state index in [1.165, 1.54) is 0 Å². The number of rotatable bonds is 5. The van der Waals surface area contributed by atoms with E-state index in [9.17, 15) is 4.79 Å². The van der Waals surface area contributed by atoms with Gasteiger partial charge in [-0.15, -0.1) is 0 Å². The third kappa shape index (κ3) is 4.07. The maximum atomic E-state index is 12.1. The Morgan fingerprint density at radius 1 is 1.25 bits per heavy atom. The molecular formula is C17H25NO2. The number of carbonyl (C=O) groups excluding carboxylic acids is 1. The van der Waals surface area contributed by atoms with Crippen LogP contribution in [0.15, 0.2) is 30.3 Å². The molecule has 3 heteroatoms. The molecule has 0 radical (unpaired) electrons. The molecule has 0 heterocycles. The Bertz CT molecular complexity index is 410. The summed E-state index contributed by atoms with van der Waals surface area (Å²) in [5, 5.41) is 0. The zero-order valence-corrected chi connectivity index (χ0v) is 12.3. The molecule has 110 valence electrons. The maximum Gasteiger partial charge on any atom is 0.309 e. The molecule has 1 aromatic carbocycles. The average Bonchev–Trinajstić information content (AvgIpc) is 2.53. The summed E-state index contributed by atoms with van der Waals surface area (Å²) in [7, 11) is 0. The van der Waals surface area contributed by atoms with Crippen LogP contribution in [-0.2, 0) is 16.1 Å². The summed E-state index contributed by atoms with van der Waals surface area (Å²) < 4.78 is 5.42. The fraction of sp³-hybridized carbons (Fsp3) is 0.588. The van der Waals surface area contributed by atoms with Gasteiger partial charge in [-0.1, -0.05) is 37.3 Å². The molecule has 2 N–H and O–H groups in total. The van der Waals surface area contributed by atoms with Crippen LogP contribution >= 0.6 is 0 Å². The summed E-state index contributed by atoms with van der Waals surface area (Å²) in [6, 6.07) is 10.1. The van der Waals surface area contributed by atoms with E-state index < -0.39 is 0 Å². The molecule has 1 atom stereocenters. The summed E-state index contributed by atoms with van der Waals surface area (Å²) in [5.74, 6) is 0.606. The van der Waals surface area contributed by atoms with Gasteiger partial charge in [0.2, 0.25) is 0 Å². The minimum absolute atomic E-state index is 0.0441. The van der Waals surface area contributed by atoms with Gasteiger partial charge in [-0.3, -0.25) is 4.79 Å². The monoisotopic (exact) mass is 275 g/mol. The first-order valence-electron chi connectivity index (χ1n) is 7.66. The van der Waals surface area contributed by atoms with Gasteiger partial charge in [0.05, 0.1) is 5.92 Å². The Kier molecular flexibility index (Phi) is 5.60. The Morgan fingerprint density at radius 3 is 2.50 bits per heavy atom. The lowest BCUT2D eigenvalue weighted by Gasteiger charge is -2.30. The molecule has 1 aliphatic rings. The highest BCUT2D eigenvalue weighted by molar-refractivity contribution is 5.72. The average molecular weight is 275 g/mol. The third-order valence-electron chi connectivity index (χ3n) is 4.41. The Balaban J connectivity index is 1.75. The van der Waals surface area contributed by atoms with Crippen molar-refractivity contribution in [3.8, 4) is 0 Å². The number of hydrogen-bond acceptors (Lipinski definition) is 3. The molecule has 0 bridgehead atoms. The molecule has 0 aliphatic heterocycles. The molecule has 20 heavy (non-hydrogen) atoms. The highest BCUT2D eigenvalue weighted by Crippen LogP contribution is 2.31. The van der Waals surface area contributed by atoms with E-state index in [2.05, 4.69) is 6.92 Å². The van der Waals surface area contributed by atoms with Crippen LogP contribution < -0.4 is 5.73 Å². The van der Waals surface area contributed by atoms with E-state index in [4.69, 9.17) is 10.5 Å². The molecule has 3 nitrogen and oxygen atoms in total. The van der Waals surface area contributed by atoms with Crippen molar-refractivity contribution in [1.29, 1.82) is 0 Å². The first-order chi connectivity index (χ1) is 9.70. The molecule has 1 aromatic rings. The van der Waals surface area contributed by atoms with Crippen molar-refractivity contribution in [2.75, 3.05) is 0 Å². The largest absolute Gasteiger partial charge is 0.461 e. The van der Waals surface area contributed by atoms with Crippen molar-refractivity contribution in [2.24, 2.45) is 17.6 Å². The van der Waals surface area contributed by atoms with E-state index in [1.54, 1.807) is 0 Å². The van der Waals surface area contributed by atoms with Gasteiger partial charge in [0.15, 0.2) is 0 Å². The summed E-state index contributed by atoms with van der Waals surface area (Å²) in [4.78, 5) is 12.1. The lowest BCUT2D eigenvalue weighted by atomic mass is 9.78. The summed E-state index contributed by atoms with van der Waals surface area (Å²) in [6.45, 7) is 2.51. The predicted octanol–water partition coefficient (Wildman–Crippen LogP) is 3.27. The van der Waals surface area contributed by atoms with Crippen LogP contribution in [0, 0.1) is 11.8 Å². The van der Waals surface area contributed by atoms with E-state index in [-0.39, 0.29) is 17.9 Å². The lowest BCUT2D eigenvalue weighted by molar-refractivity contribution is -0.151. The van der Waals surface area contributed by atoms with Crippen LogP contribution in [0.1, 0.15) is 44.6 Å². The minimum Gasteiger partial charge on any atom is -0.461 e. The molecule has 2 rings (SSSR count). The Labute approximate surface area is 121 Å². The number of carbonyl (C=O) groups is 1. The molecule has 1 aliphatic carbocycles. The van der Waals surface area contributed by atoms with Crippen molar-refractivity contribution in [2.45, 2.75) is 51.7 Å². The van der Waals surface area contributed by atoms with Gasteiger partial charge in [-0.2, -0.15) is 0 Å². The minimum atomic E-state index is -0.0441. The van der Waals surface area contributed by atoms with Crippen LogP contribution in [0.5, 0.6) is 0 Å². The number of ether oxygens (including phenoxy) is 1. The fourth-order valence-electron chi connectivity index (χ4n) is 2.96. The van der Waals surface area contributed by atoms with Gasteiger partial charge in [0, 0.05) is 6.04 Å².